The molecule has 0 radical (unpaired) electrons. The Labute approximate surface area is 248 Å². The molecule has 2 atom stereocenters. The molecular weight excluding hydrogens is 557 g/mol. The predicted octanol–water partition coefficient (Wildman–Crippen LogP) is 5.47. The molecule has 1 saturated heterocycles. The summed E-state index contributed by atoms with van der Waals surface area (Å²) in [6.07, 6.45) is -2.42. The number of alkyl halides is 3. The fourth-order valence-corrected chi connectivity index (χ4v) is 6.51. The number of carbonyl (C=O) groups excluding carboxylic acids is 2. The van der Waals surface area contributed by atoms with Crippen LogP contribution in [0.3, 0.4) is 0 Å². The van der Waals surface area contributed by atoms with Gasteiger partial charge in [-0.1, -0.05) is 42.5 Å². The SMILES string of the molecule is COCCN1C(=O)c2ccccc2C(C(=O)N2CCN(c3cccc(C(F)(F)F)c3)CC2)C1c1cn(C)c2ccccc12. The lowest BCUT2D eigenvalue weighted by Crippen LogP contribution is -2.53. The first-order valence-electron chi connectivity index (χ1n) is 14.3. The summed E-state index contributed by atoms with van der Waals surface area (Å²) in [5.74, 6) is -0.926. The van der Waals surface area contributed by atoms with Crippen LogP contribution >= 0.6 is 0 Å². The highest BCUT2D eigenvalue weighted by Crippen LogP contribution is 2.46. The Bertz CT molecular complexity index is 1660. The number of rotatable bonds is 6. The third kappa shape index (κ3) is 5.24. The Hall–Kier alpha value is -4.31. The van der Waals surface area contributed by atoms with Crippen molar-refractivity contribution in [1.82, 2.24) is 14.4 Å². The lowest BCUT2D eigenvalue weighted by atomic mass is 9.78. The lowest BCUT2D eigenvalue weighted by molar-refractivity contribution is -0.137. The molecule has 0 bridgehead atoms. The van der Waals surface area contributed by atoms with Gasteiger partial charge in [-0.25, -0.2) is 0 Å². The van der Waals surface area contributed by atoms with Crippen molar-refractivity contribution in [1.29, 1.82) is 0 Å². The van der Waals surface area contributed by atoms with E-state index in [1.165, 1.54) is 6.07 Å². The van der Waals surface area contributed by atoms with E-state index in [1.54, 1.807) is 35.1 Å². The second-order valence-corrected chi connectivity index (χ2v) is 11.1. The van der Waals surface area contributed by atoms with Gasteiger partial charge in [0.2, 0.25) is 5.91 Å². The quantitative estimate of drug-likeness (QED) is 0.299. The number of benzene rings is 3. The molecular formula is C33H33F3N4O3. The van der Waals surface area contributed by atoms with E-state index >= 15 is 0 Å². The van der Waals surface area contributed by atoms with Gasteiger partial charge in [-0.3, -0.25) is 9.59 Å². The van der Waals surface area contributed by atoms with Crippen LogP contribution in [-0.2, 0) is 22.8 Å². The van der Waals surface area contributed by atoms with E-state index in [9.17, 15) is 22.8 Å². The largest absolute Gasteiger partial charge is 0.416 e. The maximum atomic E-state index is 14.6. The number of para-hydroxylation sites is 1. The van der Waals surface area contributed by atoms with E-state index in [0.29, 0.717) is 56.1 Å². The molecule has 0 N–H and O–H groups in total. The van der Waals surface area contributed by atoms with Gasteiger partial charge in [0, 0.05) is 80.8 Å². The fraction of sp³-hybridized carbons (Fsp3) is 0.333. The highest BCUT2D eigenvalue weighted by molar-refractivity contribution is 6.02. The minimum Gasteiger partial charge on any atom is -0.383 e. The molecule has 2 aliphatic heterocycles. The molecule has 3 heterocycles. The molecule has 0 spiro atoms. The van der Waals surface area contributed by atoms with Gasteiger partial charge < -0.3 is 24.0 Å². The normalized spacial score (nSPS) is 19.2. The van der Waals surface area contributed by atoms with Crippen LogP contribution in [0.4, 0.5) is 18.9 Å². The Morgan fingerprint density at radius 3 is 2.40 bits per heavy atom. The smallest absolute Gasteiger partial charge is 0.383 e. The van der Waals surface area contributed by atoms with Gasteiger partial charge in [-0.05, 0) is 35.9 Å². The molecule has 0 aliphatic carbocycles. The summed E-state index contributed by atoms with van der Waals surface area (Å²) >= 11 is 0. The van der Waals surface area contributed by atoms with E-state index in [-0.39, 0.29) is 11.8 Å². The van der Waals surface area contributed by atoms with Gasteiger partial charge in [0.1, 0.15) is 0 Å². The molecule has 7 nitrogen and oxygen atoms in total. The number of methoxy groups -OCH3 is 1. The Morgan fingerprint density at radius 2 is 1.65 bits per heavy atom. The number of ether oxygens (including phenoxy) is 1. The number of hydrogen-bond acceptors (Lipinski definition) is 4. The average Bonchev–Trinajstić information content (AvgIpc) is 3.36. The monoisotopic (exact) mass is 590 g/mol. The van der Waals surface area contributed by atoms with Crippen LogP contribution in [0.15, 0.2) is 79.0 Å². The number of halogens is 3. The van der Waals surface area contributed by atoms with Crippen molar-refractivity contribution in [2.75, 3.05) is 51.3 Å². The maximum Gasteiger partial charge on any atom is 0.416 e. The lowest BCUT2D eigenvalue weighted by Gasteiger charge is -2.44. The summed E-state index contributed by atoms with van der Waals surface area (Å²) in [6.45, 7) is 2.11. The summed E-state index contributed by atoms with van der Waals surface area (Å²) in [5.41, 5.74) is 2.85. The molecule has 2 unspecified atom stereocenters. The van der Waals surface area contributed by atoms with Crippen molar-refractivity contribution < 1.29 is 27.5 Å². The number of anilines is 1. The Kier molecular flexibility index (Phi) is 7.64. The van der Waals surface area contributed by atoms with Crippen molar-refractivity contribution in [3.63, 3.8) is 0 Å². The maximum absolute atomic E-state index is 14.6. The molecule has 4 aromatic rings. The molecule has 2 amide bonds. The van der Waals surface area contributed by atoms with Crippen LogP contribution in [0.5, 0.6) is 0 Å². The fourth-order valence-electron chi connectivity index (χ4n) is 6.51. The second kappa shape index (κ2) is 11.4. The number of hydrogen-bond donors (Lipinski definition) is 0. The Balaban J connectivity index is 1.36. The summed E-state index contributed by atoms with van der Waals surface area (Å²) < 4.78 is 47.4. The zero-order valence-electron chi connectivity index (χ0n) is 24.1. The van der Waals surface area contributed by atoms with Gasteiger partial charge in [0.05, 0.1) is 24.1 Å². The molecule has 6 rings (SSSR count). The van der Waals surface area contributed by atoms with Gasteiger partial charge in [0.15, 0.2) is 0 Å². The second-order valence-electron chi connectivity index (χ2n) is 11.1. The number of carbonyl (C=O) groups is 2. The van der Waals surface area contributed by atoms with Crippen LogP contribution in [0, 0.1) is 0 Å². The van der Waals surface area contributed by atoms with E-state index in [1.807, 2.05) is 59.1 Å². The number of piperazine rings is 1. The third-order valence-corrected chi connectivity index (χ3v) is 8.62. The molecule has 3 aromatic carbocycles. The van der Waals surface area contributed by atoms with Crippen LogP contribution in [0.1, 0.15) is 39.0 Å². The molecule has 224 valence electrons. The highest BCUT2D eigenvalue weighted by Gasteiger charge is 2.46. The van der Waals surface area contributed by atoms with Crippen molar-refractivity contribution >= 4 is 28.4 Å². The number of aromatic nitrogens is 1. The first-order valence-corrected chi connectivity index (χ1v) is 14.3. The van der Waals surface area contributed by atoms with Crippen LogP contribution in [0.2, 0.25) is 0 Å². The van der Waals surface area contributed by atoms with Gasteiger partial charge in [0.25, 0.3) is 5.91 Å². The predicted molar refractivity (Wildman–Crippen MR) is 158 cm³/mol. The molecule has 2 aliphatic rings. The summed E-state index contributed by atoms with van der Waals surface area (Å²) in [4.78, 5) is 33.9. The zero-order valence-corrected chi connectivity index (χ0v) is 24.1. The first kappa shape index (κ1) is 28.8. The summed E-state index contributed by atoms with van der Waals surface area (Å²) in [7, 11) is 3.54. The number of fused-ring (bicyclic) bond motifs is 2. The van der Waals surface area contributed by atoms with E-state index in [4.69, 9.17) is 4.74 Å². The number of nitrogens with zero attached hydrogens (tertiary/aromatic N) is 4. The van der Waals surface area contributed by atoms with Crippen LogP contribution in [-0.4, -0.2) is 72.6 Å². The standard InChI is InChI=1S/C33H33F3N4O3/c1-37-21-27(24-10-5-6-13-28(24)37)30-29(25-11-3-4-12-26(25)31(41)40(30)18-19-43-2)32(42)39-16-14-38(15-17-39)23-9-7-8-22(20-23)33(34,35)36/h3-13,20-21,29-30H,14-19H2,1-2H3. The van der Waals surface area contributed by atoms with E-state index in [0.717, 1.165) is 28.6 Å². The molecule has 1 fully saturated rings. The van der Waals surface area contributed by atoms with E-state index in [2.05, 4.69) is 0 Å². The van der Waals surface area contributed by atoms with Crippen molar-refractivity contribution in [3.8, 4) is 0 Å². The first-order chi connectivity index (χ1) is 20.7. The van der Waals surface area contributed by atoms with Crippen LogP contribution in [0.25, 0.3) is 10.9 Å². The summed E-state index contributed by atoms with van der Waals surface area (Å²) in [5, 5.41) is 0.969. The average molecular weight is 591 g/mol. The number of aryl methyl sites for hydroxylation is 1. The minimum atomic E-state index is -4.43. The van der Waals surface area contributed by atoms with Crippen LogP contribution < -0.4 is 4.90 Å². The highest BCUT2D eigenvalue weighted by atomic mass is 19.4. The molecule has 1 aromatic heterocycles. The van der Waals surface area contributed by atoms with Crippen molar-refractivity contribution in [2.24, 2.45) is 7.05 Å². The topological polar surface area (TPSA) is 58.0 Å². The third-order valence-electron chi connectivity index (χ3n) is 8.62. The molecule has 10 heteroatoms. The zero-order chi connectivity index (χ0) is 30.3. The molecule has 0 saturated carbocycles. The van der Waals surface area contributed by atoms with Crippen molar-refractivity contribution in [3.05, 3.63) is 101 Å². The van der Waals surface area contributed by atoms with Gasteiger partial charge in [-0.15, -0.1) is 0 Å². The summed E-state index contributed by atoms with van der Waals surface area (Å²) in [6, 6.07) is 20.0. The van der Waals surface area contributed by atoms with Gasteiger partial charge in [-0.2, -0.15) is 13.2 Å². The Morgan fingerprint density at radius 1 is 0.930 bits per heavy atom. The minimum absolute atomic E-state index is 0.107. The molecule has 43 heavy (non-hydrogen) atoms. The van der Waals surface area contributed by atoms with Crippen molar-refractivity contribution in [2.45, 2.75) is 18.1 Å². The van der Waals surface area contributed by atoms with E-state index < -0.39 is 23.7 Å². The van der Waals surface area contributed by atoms with Gasteiger partial charge >= 0.3 is 6.18 Å². The number of amides is 2.